The Hall–Kier alpha value is -2.22. The summed E-state index contributed by atoms with van der Waals surface area (Å²) in [5.41, 5.74) is 0.698. The first-order valence-electron chi connectivity index (χ1n) is 6.59. The van der Waals surface area contributed by atoms with Gasteiger partial charge in [-0.25, -0.2) is 8.78 Å². The van der Waals surface area contributed by atoms with Crippen LogP contribution in [0.1, 0.15) is 12.5 Å². The first kappa shape index (κ1) is 14.7. The number of halogens is 2. The van der Waals surface area contributed by atoms with Crippen molar-refractivity contribution in [3.63, 3.8) is 0 Å². The molecule has 5 nitrogen and oxygen atoms in total. The molecule has 0 unspecified atom stereocenters. The number of nitrogens with zero attached hydrogens (tertiary/aromatic N) is 4. The van der Waals surface area contributed by atoms with Gasteiger partial charge in [0, 0.05) is 24.1 Å². The van der Waals surface area contributed by atoms with Crippen molar-refractivity contribution in [2.75, 3.05) is 0 Å². The molecule has 0 aliphatic rings. The van der Waals surface area contributed by atoms with Crippen molar-refractivity contribution in [2.24, 2.45) is 0 Å². The number of thioether (sulfide) groups is 1. The van der Waals surface area contributed by atoms with E-state index in [0.29, 0.717) is 11.5 Å². The molecule has 0 spiro atoms. The zero-order valence-corrected chi connectivity index (χ0v) is 12.5. The fraction of sp³-hybridized carbons (Fsp3) is 0.214. The lowest BCUT2D eigenvalue weighted by atomic mass is 10.2. The Morgan fingerprint density at radius 3 is 2.68 bits per heavy atom. The van der Waals surface area contributed by atoms with Gasteiger partial charge in [0.15, 0.2) is 0 Å². The van der Waals surface area contributed by atoms with Gasteiger partial charge < -0.3 is 4.42 Å². The number of hydrogen-bond acceptors (Lipinski definition) is 5. The summed E-state index contributed by atoms with van der Waals surface area (Å²) in [6.07, 6.45) is 3.42. The molecule has 2 aromatic heterocycles. The van der Waals surface area contributed by atoms with Gasteiger partial charge in [-0.3, -0.25) is 4.68 Å². The van der Waals surface area contributed by atoms with Crippen LogP contribution in [0.15, 0.2) is 40.2 Å². The van der Waals surface area contributed by atoms with Crippen molar-refractivity contribution in [2.45, 2.75) is 24.4 Å². The lowest BCUT2D eigenvalue weighted by Gasteiger charge is -2.01. The van der Waals surface area contributed by atoms with Gasteiger partial charge >= 0.3 is 0 Å². The van der Waals surface area contributed by atoms with Gasteiger partial charge in [0.2, 0.25) is 0 Å². The van der Waals surface area contributed by atoms with Crippen LogP contribution in [-0.2, 0) is 12.3 Å². The average molecular weight is 322 g/mol. The van der Waals surface area contributed by atoms with E-state index in [-0.39, 0.29) is 16.5 Å². The van der Waals surface area contributed by atoms with Gasteiger partial charge in [0.05, 0.1) is 11.8 Å². The van der Waals surface area contributed by atoms with E-state index in [1.807, 2.05) is 6.92 Å². The zero-order chi connectivity index (χ0) is 15.5. The summed E-state index contributed by atoms with van der Waals surface area (Å²) in [6, 6.07) is 3.77. The largest absolute Gasteiger partial charge is 0.411 e. The molecule has 0 radical (unpaired) electrons. The van der Waals surface area contributed by atoms with E-state index in [0.717, 1.165) is 18.3 Å². The topological polar surface area (TPSA) is 56.7 Å². The molecule has 2 heterocycles. The van der Waals surface area contributed by atoms with Crippen molar-refractivity contribution < 1.29 is 13.2 Å². The minimum atomic E-state index is -0.587. The van der Waals surface area contributed by atoms with Crippen molar-refractivity contribution in [1.82, 2.24) is 20.0 Å². The van der Waals surface area contributed by atoms with Gasteiger partial charge in [-0.15, -0.1) is 10.2 Å². The number of rotatable bonds is 5. The molecular formula is C14H12F2N4OS. The fourth-order valence-corrected chi connectivity index (χ4v) is 2.62. The van der Waals surface area contributed by atoms with E-state index in [1.54, 1.807) is 17.1 Å². The molecule has 3 aromatic rings. The van der Waals surface area contributed by atoms with Crippen LogP contribution in [0.2, 0.25) is 0 Å². The fourth-order valence-electron chi connectivity index (χ4n) is 1.84. The van der Waals surface area contributed by atoms with E-state index in [1.165, 1.54) is 18.2 Å². The predicted octanol–water partition coefficient (Wildman–Crippen LogP) is 3.52. The summed E-state index contributed by atoms with van der Waals surface area (Å²) in [5.74, 6) is -0.766. The maximum Gasteiger partial charge on any atom is 0.277 e. The zero-order valence-electron chi connectivity index (χ0n) is 11.7. The maximum atomic E-state index is 13.5. The third-order valence-electron chi connectivity index (χ3n) is 3.01. The Bertz CT molecular complexity index is 767. The van der Waals surface area contributed by atoms with Crippen molar-refractivity contribution in [1.29, 1.82) is 0 Å². The minimum Gasteiger partial charge on any atom is -0.411 e. The molecule has 0 N–H and O–H groups in total. The molecular weight excluding hydrogens is 310 g/mol. The lowest BCUT2D eigenvalue weighted by Crippen LogP contribution is -1.92. The summed E-state index contributed by atoms with van der Waals surface area (Å²) < 4.78 is 34.3. The normalized spacial score (nSPS) is 11.0. The molecule has 8 heteroatoms. The molecule has 0 fully saturated rings. The Morgan fingerprint density at radius 2 is 2.00 bits per heavy atom. The van der Waals surface area contributed by atoms with Crippen LogP contribution in [0.25, 0.3) is 11.5 Å². The van der Waals surface area contributed by atoms with Crippen molar-refractivity contribution >= 4 is 11.8 Å². The first-order chi connectivity index (χ1) is 10.7. The smallest absolute Gasteiger partial charge is 0.277 e. The molecule has 0 saturated heterocycles. The van der Waals surface area contributed by atoms with Crippen LogP contribution in [0.5, 0.6) is 0 Å². The van der Waals surface area contributed by atoms with E-state index in [4.69, 9.17) is 4.42 Å². The number of hydrogen-bond donors (Lipinski definition) is 0. The molecule has 0 bridgehead atoms. The highest BCUT2D eigenvalue weighted by Crippen LogP contribution is 2.27. The highest BCUT2D eigenvalue weighted by Gasteiger charge is 2.14. The van der Waals surface area contributed by atoms with Gasteiger partial charge in [0.25, 0.3) is 11.1 Å². The molecule has 0 saturated carbocycles. The lowest BCUT2D eigenvalue weighted by molar-refractivity contribution is 0.465. The summed E-state index contributed by atoms with van der Waals surface area (Å²) in [6.45, 7) is 2.71. The second-order valence-electron chi connectivity index (χ2n) is 4.45. The Balaban J connectivity index is 1.72. The molecule has 0 aliphatic heterocycles. The highest BCUT2D eigenvalue weighted by molar-refractivity contribution is 7.98. The molecule has 114 valence electrons. The summed E-state index contributed by atoms with van der Waals surface area (Å²) >= 11 is 1.08. The Kier molecular flexibility index (Phi) is 4.19. The predicted molar refractivity (Wildman–Crippen MR) is 77.1 cm³/mol. The third-order valence-corrected chi connectivity index (χ3v) is 3.86. The number of aryl methyl sites for hydroxylation is 1. The average Bonchev–Trinajstić information content (AvgIpc) is 3.15. The van der Waals surface area contributed by atoms with Crippen LogP contribution in [0.3, 0.4) is 0 Å². The van der Waals surface area contributed by atoms with Gasteiger partial charge in [-0.05, 0) is 19.1 Å². The number of benzene rings is 1. The van der Waals surface area contributed by atoms with Crippen LogP contribution in [0.4, 0.5) is 8.78 Å². The van der Waals surface area contributed by atoms with Crippen LogP contribution in [-0.4, -0.2) is 20.0 Å². The maximum absolute atomic E-state index is 13.5. The van der Waals surface area contributed by atoms with Gasteiger partial charge in [-0.2, -0.15) is 5.10 Å². The van der Waals surface area contributed by atoms with E-state index in [9.17, 15) is 8.78 Å². The van der Waals surface area contributed by atoms with Crippen molar-refractivity contribution in [3.8, 4) is 11.5 Å². The second-order valence-corrected chi connectivity index (χ2v) is 5.37. The first-order valence-corrected chi connectivity index (χ1v) is 7.58. The van der Waals surface area contributed by atoms with E-state index in [2.05, 4.69) is 15.3 Å². The van der Waals surface area contributed by atoms with E-state index < -0.39 is 11.6 Å². The van der Waals surface area contributed by atoms with Crippen LogP contribution in [0, 0.1) is 11.6 Å². The summed E-state index contributed by atoms with van der Waals surface area (Å²) in [4.78, 5) is 0. The molecule has 0 amide bonds. The van der Waals surface area contributed by atoms with E-state index >= 15 is 0 Å². The Morgan fingerprint density at radius 1 is 1.23 bits per heavy atom. The minimum absolute atomic E-state index is 0.00828. The van der Waals surface area contributed by atoms with Crippen LogP contribution < -0.4 is 0 Å². The standard InChI is InChI=1S/C14H12F2N4OS/c1-2-20-7-9(6-17-20)13-18-19-14(21-13)22-8-10-11(15)4-3-5-12(10)16/h3-7H,2,8H2,1H3. The quantitative estimate of drug-likeness (QED) is 0.673. The second kappa shape index (κ2) is 6.27. The van der Waals surface area contributed by atoms with Crippen LogP contribution >= 0.6 is 11.8 Å². The van der Waals surface area contributed by atoms with Gasteiger partial charge in [-0.1, -0.05) is 17.8 Å². The number of aromatic nitrogens is 4. The molecule has 1 aromatic carbocycles. The third kappa shape index (κ3) is 3.01. The SMILES string of the molecule is CCn1cc(-c2nnc(SCc3c(F)cccc3F)o2)cn1. The van der Waals surface area contributed by atoms with Crippen molar-refractivity contribution in [3.05, 3.63) is 47.8 Å². The summed E-state index contributed by atoms with van der Waals surface area (Å²) in [5, 5.41) is 12.2. The molecule has 0 aliphatic carbocycles. The van der Waals surface area contributed by atoms with Gasteiger partial charge in [0.1, 0.15) is 11.6 Å². The molecule has 22 heavy (non-hydrogen) atoms. The Labute approximate surface area is 129 Å². The molecule has 0 atom stereocenters. The molecule has 3 rings (SSSR count). The monoisotopic (exact) mass is 322 g/mol. The highest BCUT2D eigenvalue weighted by atomic mass is 32.2. The summed E-state index contributed by atoms with van der Waals surface area (Å²) in [7, 11) is 0.